The normalized spacial score (nSPS) is 10.8. The Kier molecular flexibility index (Phi) is 4.76. The second kappa shape index (κ2) is 6.09. The Balaban J connectivity index is 2.55. The first-order valence-electron chi connectivity index (χ1n) is 5.58. The Labute approximate surface area is 102 Å². The van der Waals surface area contributed by atoms with Gasteiger partial charge in [-0.2, -0.15) is 0 Å². The van der Waals surface area contributed by atoms with E-state index in [0.717, 1.165) is 11.3 Å². The van der Waals surface area contributed by atoms with Crippen molar-refractivity contribution in [2.24, 2.45) is 0 Å². The zero-order valence-electron chi connectivity index (χ0n) is 10.5. The highest BCUT2D eigenvalue weighted by Crippen LogP contribution is 2.22. The number of carbonyl (C=O) groups is 1. The third-order valence-electron chi connectivity index (χ3n) is 2.59. The van der Waals surface area contributed by atoms with Crippen LogP contribution in [0.3, 0.4) is 0 Å². The lowest BCUT2D eigenvalue weighted by molar-refractivity contribution is -0.136. The van der Waals surface area contributed by atoms with Gasteiger partial charge in [0.1, 0.15) is 12.4 Å². The van der Waals surface area contributed by atoms with Crippen LogP contribution in [0.1, 0.15) is 23.1 Å². The van der Waals surface area contributed by atoms with Crippen molar-refractivity contribution in [2.75, 3.05) is 6.61 Å². The molecular weight excluding hydrogens is 216 g/mol. The lowest BCUT2D eigenvalue weighted by Gasteiger charge is -2.10. The lowest BCUT2D eigenvalue weighted by Crippen LogP contribution is -1.98. The second-order valence-corrected chi connectivity index (χ2v) is 4.08. The van der Waals surface area contributed by atoms with Gasteiger partial charge in [0.2, 0.25) is 0 Å². The standard InChI is InChI=1S/C14H18O3/c1-10-8-12(3)13(9-11(10)2)17-7-5-4-6-14(15)16/h4-5,8-9H,6-7H2,1-3H3,(H,15,16)/b5-4+. The number of hydrogen-bond acceptors (Lipinski definition) is 2. The molecule has 0 amide bonds. The molecule has 17 heavy (non-hydrogen) atoms. The molecule has 0 saturated heterocycles. The summed E-state index contributed by atoms with van der Waals surface area (Å²) in [6, 6.07) is 4.10. The molecule has 0 aliphatic carbocycles. The summed E-state index contributed by atoms with van der Waals surface area (Å²) < 4.78 is 5.57. The number of aryl methyl sites for hydroxylation is 3. The van der Waals surface area contributed by atoms with Crippen molar-refractivity contribution in [3.63, 3.8) is 0 Å². The quantitative estimate of drug-likeness (QED) is 0.796. The molecule has 3 nitrogen and oxygen atoms in total. The van der Waals surface area contributed by atoms with Crippen LogP contribution < -0.4 is 4.74 Å². The predicted molar refractivity (Wildman–Crippen MR) is 67.5 cm³/mol. The smallest absolute Gasteiger partial charge is 0.307 e. The van der Waals surface area contributed by atoms with Gasteiger partial charge in [-0.05, 0) is 43.5 Å². The molecule has 3 heteroatoms. The van der Waals surface area contributed by atoms with E-state index >= 15 is 0 Å². The van der Waals surface area contributed by atoms with E-state index in [1.54, 1.807) is 12.2 Å². The summed E-state index contributed by atoms with van der Waals surface area (Å²) in [5.41, 5.74) is 3.54. The summed E-state index contributed by atoms with van der Waals surface area (Å²) in [6.45, 7) is 6.51. The van der Waals surface area contributed by atoms with E-state index in [2.05, 4.69) is 13.0 Å². The van der Waals surface area contributed by atoms with Gasteiger partial charge < -0.3 is 9.84 Å². The van der Waals surface area contributed by atoms with Crippen molar-refractivity contribution in [3.8, 4) is 5.75 Å². The summed E-state index contributed by atoms with van der Waals surface area (Å²) in [7, 11) is 0. The first-order chi connectivity index (χ1) is 8.00. The Morgan fingerprint density at radius 3 is 2.47 bits per heavy atom. The minimum Gasteiger partial charge on any atom is -0.489 e. The molecule has 0 fully saturated rings. The molecule has 1 aromatic rings. The number of aliphatic carboxylic acids is 1. The van der Waals surface area contributed by atoms with Crippen LogP contribution in [-0.4, -0.2) is 17.7 Å². The molecular formula is C14H18O3. The van der Waals surface area contributed by atoms with Crippen LogP contribution in [0, 0.1) is 20.8 Å². The number of ether oxygens (including phenoxy) is 1. The average Bonchev–Trinajstić information content (AvgIpc) is 2.24. The van der Waals surface area contributed by atoms with Crippen LogP contribution in [0.5, 0.6) is 5.75 Å². The zero-order valence-corrected chi connectivity index (χ0v) is 10.5. The first-order valence-corrected chi connectivity index (χ1v) is 5.58. The number of hydrogen-bond donors (Lipinski definition) is 1. The highest BCUT2D eigenvalue weighted by molar-refractivity contribution is 5.68. The molecule has 1 rings (SSSR count). The molecule has 0 unspecified atom stereocenters. The van der Waals surface area contributed by atoms with Crippen LogP contribution in [0.2, 0.25) is 0 Å². The van der Waals surface area contributed by atoms with E-state index < -0.39 is 5.97 Å². The molecule has 0 spiro atoms. The van der Waals surface area contributed by atoms with Gasteiger partial charge in [0.25, 0.3) is 0 Å². The van der Waals surface area contributed by atoms with Gasteiger partial charge in [0.05, 0.1) is 6.42 Å². The minimum atomic E-state index is -0.830. The maximum atomic E-state index is 10.3. The largest absolute Gasteiger partial charge is 0.489 e. The van der Waals surface area contributed by atoms with E-state index in [4.69, 9.17) is 9.84 Å². The number of rotatable bonds is 5. The Morgan fingerprint density at radius 2 is 1.82 bits per heavy atom. The van der Waals surface area contributed by atoms with Crippen LogP contribution >= 0.6 is 0 Å². The van der Waals surface area contributed by atoms with Crippen molar-refractivity contribution >= 4 is 5.97 Å². The summed E-state index contributed by atoms with van der Waals surface area (Å²) in [5, 5.41) is 8.45. The molecule has 0 heterocycles. The molecule has 0 radical (unpaired) electrons. The summed E-state index contributed by atoms with van der Waals surface area (Å²) >= 11 is 0. The van der Waals surface area contributed by atoms with E-state index in [9.17, 15) is 4.79 Å². The van der Waals surface area contributed by atoms with Crippen molar-refractivity contribution in [1.82, 2.24) is 0 Å². The maximum absolute atomic E-state index is 10.3. The van der Waals surface area contributed by atoms with Gasteiger partial charge >= 0.3 is 5.97 Å². The highest BCUT2D eigenvalue weighted by Gasteiger charge is 2.01. The van der Waals surface area contributed by atoms with Gasteiger partial charge in [-0.3, -0.25) is 4.79 Å². The fourth-order valence-corrected chi connectivity index (χ4v) is 1.48. The summed E-state index contributed by atoms with van der Waals surface area (Å²) in [6.07, 6.45) is 3.36. The minimum absolute atomic E-state index is 0.0370. The van der Waals surface area contributed by atoms with Crippen LogP contribution in [0.25, 0.3) is 0 Å². The van der Waals surface area contributed by atoms with Gasteiger partial charge in [-0.1, -0.05) is 18.2 Å². The molecule has 1 aromatic carbocycles. The van der Waals surface area contributed by atoms with Gasteiger partial charge in [-0.25, -0.2) is 0 Å². The zero-order chi connectivity index (χ0) is 12.8. The second-order valence-electron chi connectivity index (χ2n) is 4.08. The Hall–Kier alpha value is -1.77. The van der Waals surface area contributed by atoms with Crippen molar-refractivity contribution in [3.05, 3.63) is 41.0 Å². The van der Waals surface area contributed by atoms with E-state index in [1.807, 2.05) is 19.9 Å². The fourth-order valence-electron chi connectivity index (χ4n) is 1.48. The van der Waals surface area contributed by atoms with Crippen molar-refractivity contribution < 1.29 is 14.6 Å². The predicted octanol–water partition coefficient (Wildman–Crippen LogP) is 3.02. The molecule has 0 atom stereocenters. The molecule has 0 bridgehead atoms. The molecule has 0 aromatic heterocycles. The first kappa shape index (κ1) is 13.3. The van der Waals surface area contributed by atoms with Crippen molar-refractivity contribution in [2.45, 2.75) is 27.2 Å². The summed E-state index contributed by atoms with van der Waals surface area (Å²) in [5.74, 6) is 0.0247. The molecule has 0 saturated carbocycles. The maximum Gasteiger partial charge on any atom is 0.307 e. The number of carboxylic acids is 1. The monoisotopic (exact) mass is 234 g/mol. The molecule has 0 aliphatic heterocycles. The summed E-state index contributed by atoms with van der Waals surface area (Å²) in [4.78, 5) is 10.3. The fraction of sp³-hybridized carbons (Fsp3) is 0.357. The van der Waals surface area contributed by atoms with Crippen LogP contribution in [0.15, 0.2) is 24.3 Å². The molecule has 92 valence electrons. The molecule has 1 N–H and O–H groups in total. The Bertz CT molecular complexity index is 433. The van der Waals surface area contributed by atoms with E-state index in [1.165, 1.54) is 11.1 Å². The number of benzene rings is 1. The average molecular weight is 234 g/mol. The third kappa shape index (κ3) is 4.31. The topological polar surface area (TPSA) is 46.5 Å². The third-order valence-corrected chi connectivity index (χ3v) is 2.59. The SMILES string of the molecule is Cc1cc(C)c(OC/C=C/CC(=O)O)cc1C. The lowest BCUT2D eigenvalue weighted by atomic mass is 10.1. The number of carboxylic acid groups (broad SMARTS) is 1. The highest BCUT2D eigenvalue weighted by atomic mass is 16.5. The van der Waals surface area contributed by atoms with Crippen LogP contribution in [-0.2, 0) is 4.79 Å². The van der Waals surface area contributed by atoms with Crippen molar-refractivity contribution in [1.29, 1.82) is 0 Å². The van der Waals surface area contributed by atoms with E-state index in [0.29, 0.717) is 6.61 Å². The van der Waals surface area contributed by atoms with Crippen LogP contribution in [0.4, 0.5) is 0 Å². The van der Waals surface area contributed by atoms with E-state index in [-0.39, 0.29) is 6.42 Å². The van der Waals surface area contributed by atoms with Gasteiger partial charge in [0.15, 0.2) is 0 Å². The van der Waals surface area contributed by atoms with Gasteiger partial charge in [0, 0.05) is 0 Å². The Morgan fingerprint density at radius 1 is 1.18 bits per heavy atom. The van der Waals surface area contributed by atoms with Gasteiger partial charge in [-0.15, -0.1) is 0 Å². The molecule has 0 aliphatic rings.